The van der Waals surface area contributed by atoms with E-state index in [1.165, 1.54) is 0 Å². The molecule has 3 rings (SSSR count). The molecule has 3 aromatic carbocycles. The van der Waals surface area contributed by atoms with E-state index in [4.69, 9.17) is 0 Å². The maximum atomic E-state index is 12.7. The molecule has 0 aliphatic carbocycles. The van der Waals surface area contributed by atoms with Crippen LogP contribution < -0.4 is 5.32 Å². The van der Waals surface area contributed by atoms with Gasteiger partial charge in [-0.2, -0.15) is 0 Å². The summed E-state index contributed by atoms with van der Waals surface area (Å²) in [5.74, 6) is 0.00319. The van der Waals surface area contributed by atoms with Crippen LogP contribution >= 0.6 is 0 Å². The number of aliphatic hydroxyl groups excluding tert-OH is 1. The zero-order chi connectivity index (χ0) is 17.6. The van der Waals surface area contributed by atoms with Gasteiger partial charge in [0.2, 0.25) is 0 Å². The molecule has 3 nitrogen and oxygen atoms in total. The number of carbonyl (C=O) groups excluding carboxylic acids is 1. The Labute approximate surface area is 148 Å². The Hall–Kier alpha value is -2.65. The molecule has 25 heavy (non-hydrogen) atoms. The molecule has 2 atom stereocenters. The van der Waals surface area contributed by atoms with Crippen LogP contribution in [0, 0.1) is 0 Å². The van der Waals surface area contributed by atoms with E-state index in [1.54, 1.807) is 6.92 Å². The van der Waals surface area contributed by atoms with Crippen LogP contribution in [0.1, 0.15) is 35.2 Å². The summed E-state index contributed by atoms with van der Waals surface area (Å²) in [4.78, 5) is 12.7. The second-order valence-corrected chi connectivity index (χ2v) is 6.43. The zero-order valence-corrected chi connectivity index (χ0v) is 14.4. The quantitative estimate of drug-likeness (QED) is 0.713. The van der Waals surface area contributed by atoms with E-state index in [2.05, 4.69) is 5.32 Å². The molecule has 0 spiro atoms. The summed E-state index contributed by atoms with van der Waals surface area (Å²) in [5.41, 5.74) is 1.81. The molecule has 0 saturated carbocycles. The molecule has 3 heteroatoms. The van der Waals surface area contributed by atoms with Gasteiger partial charge in [-0.1, -0.05) is 66.7 Å². The van der Waals surface area contributed by atoms with Gasteiger partial charge in [0.05, 0.1) is 6.10 Å². The average molecular weight is 333 g/mol. The van der Waals surface area contributed by atoms with E-state index in [0.717, 1.165) is 16.3 Å². The zero-order valence-electron chi connectivity index (χ0n) is 14.4. The van der Waals surface area contributed by atoms with Crippen molar-refractivity contribution in [3.05, 3.63) is 83.9 Å². The van der Waals surface area contributed by atoms with Gasteiger partial charge in [0.1, 0.15) is 0 Å². The van der Waals surface area contributed by atoms with E-state index >= 15 is 0 Å². The highest BCUT2D eigenvalue weighted by Crippen LogP contribution is 2.22. The van der Waals surface area contributed by atoms with Crippen LogP contribution in [-0.4, -0.2) is 23.7 Å². The van der Waals surface area contributed by atoms with Gasteiger partial charge in [0.25, 0.3) is 5.91 Å². The lowest BCUT2D eigenvalue weighted by molar-refractivity contribution is 0.0947. The first-order valence-corrected chi connectivity index (χ1v) is 8.64. The minimum absolute atomic E-state index is 0.0803. The van der Waals surface area contributed by atoms with E-state index in [9.17, 15) is 9.90 Å². The summed E-state index contributed by atoms with van der Waals surface area (Å²) in [6.45, 7) is 2.28. The Bertz CT molecular complexity index is 838. The van der Waals surface area contributed by atoms with Crippen molar-refractivity contribution in [3.63, 3.8) is 0 Å². The molecule has 128 valence electrons. The summed E-state index contributed by atoms with van der Waals surface area (Å²) in [5, 5.41) is 14.8. The number of rotatable bonds is 6. The molecule has 0 aliphatic heterocycles. The highest BCUT2D eigenvalue weighted by molar-refractivity contribution is 6.07. The maximum absolute atomic E-state index is 12.7. The fourth-order valence-corrected chi connectivity index (χ4v) is 3.21. The van der Waals surface area contributed by atoms with Crippen LogP contribution in [0.4, 0.5) is 0 Å². The van der Waals surface area contributed by atoms with Crippen LogP contribution in [0.5, 0.6) is 0 Å². The van der Waals surface area contributed by atoms with Crippen molar-refractivity contribution in [2.75, 3.05) is 6.54 Å². The van der Waals surface area contributed by atoms with E-state index in [0.29, 0.717) is 18.5 Å². The third kappa shape index (κ3) is 4.25. The number of carbonyl (C=O) groups is 1. The minimum Gasteiger partial charge on any atom is -0.393 e. The van der Waals surface area contributed by atoms with Crippen LogP contribution in [0.25, 0.3) is 10.8 Å². The van der Waals surface area contributed by atoms with Gasteiger partial charge in [-0.05, 0) is 35.7 Å². The lowest BCUT2D eigenvalue weighted by Crippen LogP contribution is -2.29. The second-order valence-electron chi connectivity index (χ2n) is 6.43. The summed E-state index contributed by atoms with van der Waals surface area (Å²) >= 11 is 0. The normalized spacial score (nSPS) is 13.4. The van der Waals surface area contributed by atoms with Gasteiger partial charge in [-0.15, -0.1) is 0 Å². The fraction of sp³-hybridized carbons (Fsp3) is 0.227. The summed E-state index contributed by atoms with van der Waals surface area (Å²) < 4.78 is 0. The van der Waals surface area contributed by atoms with Crippen molar-refractivity contribution in [1.29, 1.82) is 0 Å². The number of hydrogen-bond acceptors (Lipinski definition) is 2. The number of hydrogen-bond donors (Lipinski definition) is 2. The molecule has 2 N–H and O–H groups in total. The average Bonchev–Trinajstić information content (AvgIpc) is 2.65. The number of aliphatic hydroxyl groups is 1. The number of fused-ring (bicyclic) bond motifs is 1. The maximum Gasteiger partial charge on any atom is 0.251 e. The Morgan fingerprint density at radius 3 is 2.40 bits per heavy atom. The Morgan fingerprint density at radius 1 is 0.960 bits per heavy atom. The highest BCUT2D eigenvalue weighted by atomic mass is 16.3. The first kappa shape index (κ1) is 17.2. The molecular weight excluding hydrogens is 310 g/mol. The van der Waals surface area contributed by atoms with E-state index in [1.807, 2.05) is 72.8 Å². The first-order chi connectivity index (χ1) is 12.1. The third-order valence-corrected chi connectivity index (χ3v) is 4.44. The van der Waals surface area contributed by atoms with Crippen molar-refractivity contribution in [2.24, 2.45) is 0 Å². The predicted octanol–water partition coefficient (Wildman–Crippen LogP) is 4.12. The number of amides is 1. The molecule has 1 amide bonds. The lowest BCUT2D eigenvalue weighted by atomic mass is 9.93. The highest BCUT2D eigenvalue weighted by Gasteiger charge is 2.16. The molecule has 0 fully saturated rings. The largest absolute Gasteiger partial charge is 0.393 e. The SMILES string of the molecule is CC(O)CC(CNC(=O)c1cccc2ccccc12)c1ccccc1. The van der Waals surface area contributed by atoms with Gasteiger partial charge in [-0.25, -0.2) is 0 Å². The topological polar surface area (TPSA) is 49.3 Å². The Balaban J connectivity index is 1.77. The van der Waals surface area contributed by atoms with Crippen molar-refractivity contribution < 1.29 is 9.90 Å². The molecule has 3 aromatic rings. The summed E-state index contributed by atoms with van der Waals surface area (Å²) in [6, 6.07) is 23.7. The van der Waals surface area contributed by atoms with E-state index in [-0.39, 0.29) is 11.8 Å². The molecule has 0 bridgehead atoms. The molecular formula is C22H23NO2. The minimum atomic E-state index is -0.417. The van der Waals surface area contributed by atoms with Crippen molar-refractivity contribution >= 4 is 16.7 Å². The van der Waals surface area contributed by atoms with Gasteiger partial charge >= 0.3 is 0 Å². The van der Waals surface area contributed by atoms with Gasteiger partial charge in [0, 0.05) is 18.0 Å². The Kier molecular flexibility index (Phi) is 5.46. The van der Waals surface area contributed by atoms with Gasteiger partial charge in [-0.3, -0.25) is 4.79 Å². The summed E-state index contributed by atoms with van der Waals surface area (Å²) in [7, 11) is 0. The molecule has 0 radical (unpaired) electrons. The van der Waals surface area contributed by atoms with Crippen LogP contribution in [0.15, 0.2) is 72.8 Å². The van der Waals surface area contributed by atoms with E-state index < -0.39 is 6.10 Å². The predicted molar refractivity (Wildman–Crippen MR) is 102 cm³/mol. The van der Waals surface area contributed by atoms with Crippen LogP contribution in [0.2, 0.25) is 0 Å². The molecule has 0 heterocycles. The van der Waals surface area contributed by atoms with Crippen LogP contribution in [0.3, 0.4) is 0 Å². The van der Waals surface area contributed by atoms with Crippen molar-refractivity contribution in [1.82, 2.24) is 5.32 Å². The molecule has 2 unspecified atom stereocenters. The standard InChI is InChI=1S/C22H23NO2/c1-16(24)14-19(17-8-3-2-4-9-17)15-23-22(25)21-13-7-11-18-10-5-6-12-20(18)21/h2-13,16,19,24H,14-15H2,1H3,(H,23,25). The van der Waals surface area contributed by atoms with Crippen LogP contribution in [-0.2, 0) is 0 Å². The first-order valence-electron chi connectivity index (χ1n) is 8.64. The second kappa shape index (κ2) is 7.95. The lowest BCUT2D eigenvalue weighted by Gasteiger charge is -2.20. The number of benzene rings is 3. The van der Waals surface area contributed by atoms with Gasteiger partial charge in [0.15, 0.2) is 0 Å². The monoisotopic (exact) mass is 333 g/mol. The van der Waals surface area contributed by atoms with Crippen molar-refractivity contribution in [2.45, 2.75) is 25.4 Å². The van der Waals surface area contributed by atoms with Crippen molar-refractivity contribution in [3.8, 4) is 0 Å². The number of nitrogens with one attached hydrogen (secondary N) is 1. The van der Waals surface area contributed by atoms with Gasteiger partial charge < -0.3 is 10.4 Å². The molecule has 0 saturated heterocycles. The molecule has 0 aliphatic rings. The third-order valence-electron chi connectivity index (χ3n) is 4.44. The Morgan fingerprint density at radius 2 is 1.64 bits per heavy atom. The fourth-order valence-electron chi connectivity index (χ4n) is 3.21. The summed E-state index contributed by atoms with van der Waals surface area (Å²) in [6.07, 6.45) is 0.194. The smallest absolute Gasteiger partial charge is 0.251 e. The molecule has 0 aromatic heterocycles.